The first-order chi connectivity index (χ1) is 12.0. The van der Waals surface area contributed by atoms with Gasteiger partial charge in [-0.2, -0.15) is 4.31 Å². The Kier molecular flexibility index (Phi) is 5.27. The molecule has 0 aromatic heterocycles. The third-order valence-electron chi connectivity index (χ3n) is 4.17. The van der Waals surface area contributed by atoms with Crippen molar-refractivity contribution in [1.29, 1.82) is 0 Å². The van der Waals surface area contributed by atoms with Crippen molar-refractivity contribution < 1.29 is 17.9 Å². The molecule has 2 aromatic rings. The Morgan fingerprint density at radius 2 is 1.92 bits per heavy atom. The first-order valence-electron chi connectivity index (χ1n) is 7.97. The Labute approximate surface area is 155 Å². The number of nitrogens with zero attached hydrogens (tertiary/aromatic N) is 1. The molecule has 0 saturated heterocycles. The largest absolute Gasteiger partial charge is 0.465 e. The van der Waals surface area contributed by atoms with E-state index in [1.165, 1.54) is 16.4 Å². The van der Waals surface area contributed by atoms with Crippen LogP contribution in [0.1, 0.15) is 24.1 Å². The molecule has 1 aliphatic rings. The number of esters is 1. The third-order valence-corrected chi connectivity index (χ3v) is 6.74. The van der Waals surface area contributed by atoms with Gasteiger partial charge in [0.05, 0.1) is 11.5 Å². The monoisotopic (exact) mass is 423 g/mol. The second kappa shape index (κ2) is 7.27. The molecule has 132 valence electrons. The lowest BCUT2D eigenvalue weighted by atomic mass is 9.94. The summed E-state index contributed by atoms with van der Waals surface area (Å²) >= 11 is 3.46. The molecule has 0 fully saturated rings. The molecule has 0 amide bonds. The lowest BCUT2D eigenvalue weighted by Crippen LogP contribution is -2.44. The van der Waals surface area contributed by atoms with E-state index in [1.54, 1.807) is 25.1 Å². The number of rotatable bonds is 4. The quantitative estimate of drug-likeness (QED) is 0.707. The fourth-order valence-electron chi connectivity index (χ4n) is 3.05. The Bertz CT molecular complexity index is 883. The molecule has 0 spiro atoms. The zero-order valence-corrected chi connectivity index (χ0v) is 16.1. The molecule has 0 saturated carbocycles. The molecular formula is C18H18BrNO4S. The second-order valence-electron chi connectivity index (χ2n) is 5.65. The van der Waals surface area contributed by atoms with E-state index in [1.807, 2.05) is 18.2 Å². The van der Waals surface area contributed by atoms with Crippen LogP contribution in [-0.4, -0.2) is 31.8 Å². The highest BCUT2D eigenvalue weighted by Crippen LogP contribution is 2.38. The molecule has 3 rings (SSSR count). The maximum absolute atomic E-state index is 13.1. The van der Waals surface area contributed by atoms with Gasteiger partial charge in [0.15, 0.2) is 0 Å². The number of halogens is 1. The molecule has 1 aliphatic heterocycles. The van der Waals surface area contributed by atoms with Gasteiger partial charge in [-0.15, -0.1) is 0 Å². The maximum Gasteiger partial charge on any atom is 0.329 e. The Hall–Kier alpha value is -1.70. The number of carbonyl (C=O) groups excluding carboxylic acids is 1. The molecule has 2 aromatic carbocycles. The van der Waals surface area contributed by atoms with Crippen LogP contribution in [0.2, 0.25) is 0 Å². The van der Waals surface area contributed by atoms with Gasteiger partial charge in [-0.1, -0.05) is 46.3 Å². The molecule has 0 aliphatic carbocycles. The first-order valence-corrected chi connectivity index (χ1v) is 10.2. The van der Waals surface area contributed by atoms with Gasteiger partial charge in [0.25, 0.3) is 0 Å². The van der Waals surface area contributed by atoms with Crippen molar-refractivity contribution in [2.24, 2.45) is 0 Å². The minimum Gasteiger partial charge on any atom is -0.465 e. The summed E-state index contributed by atoms with van der Waals surface area (Å²) in [4.78, 5) is 12.8. The predicted octanol–water partition coefficient (Wildman–Crippen LogP) is 3.30. The van der Waals surface area contributed by atoms with Gasteiger partial charge in [0.1, 0.15) is 6.04 Å². The van der Waals surface area contributed by atoms with Crippen molar-refractivity contribution in [3.8, 4) is 0 Å². The molecule has 1 unspecified atom stereocenters. The Balaban J connectivity index is 2.13. The highest BCUT2D eigenvalue weighted by atomic mass is 79.9. The van der Waals surface area contributed by atoms with E-state index < -0.39 is 22.0 Å². The number of benzene rings is 2. The van der Waals surface area contributed by atoms with Crippen LogP contribution < -0.4 is 0 Å². The SMILES string of the molecule is CCOC(=O)C1c2c(Br)cccc2CCN1S(=O)(=O)c1ccccc1. The summed E-state index contributed by atoms with van der Waals surface area (Å²) < 4.78 is 33.4. The number of carbonyl (C=O) groups is 1. The van der Waals surface area contributed by atoms with Gasteiger partial charge >= 0.3 is 5.97 Å². The fourth-order valence-corrected chi connectivity index (χ4v) is 5.25. The van der Waals surface area contributed by atoms with Crippen molar-refractivity contribution in [2.75, 3.05) is 13.2 Å². The Morgan fingerprint density at radius 3 is 2.60 bits per heavy atom. The number of sulfonamides is 1. The summed E-state index contributed by atoms with van der Waals surface area (Å²) in [5.74, 6) is -0.560. The van der Waals surface area contributed by atoms with Crippen LogP contribution in [0.25, 0.3) is 0 Å². The first kappa shape index (κ1) is 18.1. The van der Waals surface area contributed by atoms with E-state index in [4.69, 9.17) is 4.74 Å². The summed E-state index contributed by atoms with van der Waals surface area (Å²) in [6, 6.07) is 12.8. The number of fused-ring (bicyclic) bond motifs is 1. The van der Waals surface area contributed by atoms with Gasteiger partial charge in [-0.05, 0) is 42.7 Å². The maximum atomic E-state index is 13.1. The normalized spacial score (nSPS) is 17.8. The minimum absolute atomic E-state index is 0.166. The van der Waals surface area contributed by atoms with Crippen LogP contribution in [0.3, 0.4) is 0 Å². The topological polar surface area (TPSA) is 63.7 Å². The average molecular weight is 424 g/mol. The molecule has 25 heavy (non-hydrogen) atoms. The van der Waals surface area contributed by atoms with Gasteiger partial charge in [-0.25, -0.2) is 13.2 Å². The van der Waals surface area contributed by atoms with Gasteiger partial charge in [0.2, 0.25) is 10.0 Å². The van der Waals surface area contributed by atoms with Gasteiger partial charge in [-0.3, -0.25) is 0 Å². The zero-order chi connectivity index (χ0) is 18.0. The van der Waals surface area contributed by atoms with E-state index in [0.717, 1.165) is 5.56 Å². The third kappa shape index (κ3) is 3.36. The van der Waals surface area contributed by atoms with Crippen molar-refractivity contribution in [3.05, 3.63) is 64.1 Å². The number of ether oxygens (including phenoxy) is 1. The molecule has 0 N–H and O–H groups in total. The summed E-state index contributed by atoms with van der Waals surface area (Å²) in [7, 11) is -3.82. The second-order valence-corrected chi connectivity index (χ2v) is 8.39. The predicted molar refractivity (Wildman–Crippen MR) is 97.6 cm³/mol. The molecule has 5 nitrogen and oxygen atoms in total. The highest BCUT2D eigenvalue weighted by Gasteiger charge is 2.42. The summed E-state index contributed by atoms with van der Waals surface area (Å²) in [6.07, 6.45) is 0.538. The van der Waals surface area contributed by atoms with Crippen LogP contribution in [0.4, 0.5) is 0 Å². The molecule has 0 radical (unpaired) electrons. The zero-order valence-electron chi connectivity index (χ0n) is 13.7. The lowest BCUT2D eigenvalue weighted by Gasteiger charge is -2.35. The van der Waals surface area contributed by atoms with E-state index >= 15 is 0 Å². The smallest absolute Gasteiger partial charge is 0.329 e. The molecular weight excluding hydrogens is 406 g/mol. The van der Waals surface area contributed by atoms with Crippen LogP contribution >= 0.6 is 15.9 Å². The van der Waals surface area contributed by atoms with E-state index in [9.17, 15) is 13.2 Å². The van der Waals surface area contributed by atoms with Gasteiger partial charge in [0, 0.05) is 11.0 Å². The standard InChI is InChI=1S/C18H18BrNO4S/c1-2-24-18(21)17-16-13(7-6-10-15(16)19)11-12-20(17)25(22,23)14-8-4-3-5-9-14/h3-10,17H,2,11-12H2,1H3. The van der Waals surface area contributed by atoms with E-state index in [-0.39, 0.29) is 18.0 Å². The fraction of sp³-hybridized carbons (Fsp3) is 0.278. The summed E-state index contributed by atoms with van der Waals surface area (Å²) in [5, 5.41) is 0. The van der Waals surface area contributed by atoms with Crippen LogP contribution in [0.15, 0.2) is 57.9 Å². The minimum atomic E-state index is -3.82. The van der Waals surface area contributed by atoms with Crippen LogP contribution in [0, 0.1) is 0 Å². The summed E-state index contributed by atoms with van der Waals surface area (Å²) in [5.41, 5.74) is 1.61. The Morgan fingerprint density at radius 1 is 1.20 bits per heavy atom. The molecule has 0 bridgehead atoms. The van der Waals surface area contributed by atoms with Crippen molar-refractivity contribution >= 4 is 31.9 Å². The number of hydrogen-bond donors (Lipinski definition) is 0. The van der Waals surface area contributed by atoms with Gasteiger partial charge < -0.3 is 4.74 Å². The van der Waals surface area contributed by atoms with Crippen molar-refractivity contribution in [1.82, 2.24) is 4.31 Å². The average Bonchev–Trinajstić information content (AvgIpc) is 2.62. The van der Waals surface area contributed by atoms with Crippen molar-refractivity contribution in [3.63, 3.8) is 0 Å². The van der Waals surface area contributed by atoms with E-state index in [2.05, 4.69) is 15.9 Å². The lowest BCUT2D eigenvalue weighted by molar-refractivity contribution is -0.148. The summed E-state index contributed by atoms with van der Waals surface area (Å²) in [6.45, 7) is 2.12. The van der Waals surface area contributed by atoms with Crippen LogP contribution in [0.5, 0.6) is 0 Å². The highest BCUT2D eigenvalue weighted by molar-refractivity contribution is 9.10. The molecule has 7 heteroatoms. The van der Waals surface area contributed by atoms with E-state index in [0.29, 0.717) is 16.5 Å². The number of hydrogen-bond acceptors (Lipinski definition) is 4. The molecule has 1 atom stereocenters. The molecule has 1 heterocycles. The van der Waals surface area contributed by atoms with Crippen LogP contribution in [-0.2, 0) is 26.0 Å². The van der Waals surface area contributed by atoms with Crippen molar-refractivity contribution in [2.45, 2.75) is 24.3 Å².